The smallest absolute Gasteiger partial charge is 0.387 e. The maximum atomic E-state index is 12.1. The highest BCUT2D eigenvalue weighted by Gasteiger charge is 2.11. The summed E-state index contributed by atoms with van der Waals surface area (Å²) in [7, 11) is 0. The minimum atomic E-state index is -3.00. The van der Waals surface area contributed by atoms with Crippen LogP contribution in [0.3, 0.4) is 0 Å². The molecule has 0 aromatic heterocycles. The number of alkyl halides is 2. The highest BCUT2D eigenvalue weighted by Crippen LogP contribution is 2.29. The van der Waals surface area contributed by atoms with Crippen molar-refractivity contribution < 1.29 is 23.4 Å². The predicted octanol–water partition coefficient (Wildman–Crippen LogP) is 2.44. The Morgan fingerprint density at radius 1 is 1.53 bits per heavy atom. The van der Waals surface area contributed by atoms with Gasteiger partial charge in [-0.2, -0.15) is 8.78 Å². The molecule has 8 heteroatoms. The molecule has 0 aliphatic rings. The van der Waals surface area contributed by atoms with Crippen LogP contribution in [0.15, 0.2) is 18.2 Å². The number of nitrogens with one attached hydrogen (secondary N) is 2. The van der Waals surface area contributed by atoms with Crippen LogP contribution < -0.4 is 15.4 Å². The molecule has 0 fully saturated rings. The minimum absolute atomic E-state index is 0.00924. The molecule has 3 N–H and O–H groups in total. The number of hydrogen-bond acceptors (Lipinski definition) is 3. The molecule has 0 radical (unpaired) electrons. The second-order valence-electron chi connectivity index (χ2n) is 3.71. The van der Waals surface area contributed by atoms with Crippen molar-refractivity contribution in [2.45, 2.75) is 19.6 Å². The summed E-state index contributed by atoms with van der Waals surface area (Å²) in [5.74, 6) is -0.232. The van der Waals surface area contributed by atoms with Crippen molar-refractivity contribution in [2.75, 3.05) is 11.9 Å². The van der Waals surface area contributed by atoms with Gasteiger partial charge in [0.25, 0.3) is 0 Å². The number of halogens is 3. The van der Waals surface area contributed by atoms with Gasteiger partial charge in [-0.25, -0.2) is 4.79 Å². The normalized spacial score (nSPS) is 12.1. The van der Waals surface area contributed by atoms with Crippen LogP contribution in [0.2, 0.25) is 5.02 Å². The molecule has 19 heavy (non-hydrogen) atoms. The van der Waals surface area contributed by atoms with E-state index in [9.17, 15) is 13.6 Å². The van der Waals surface area contributed by atoms with E-state index in [4.69, 9.17) is 16.7 Å². The Morgan fingerprint density at radius 3 is 2.79 bits per heavy atom. The molecule has 1 rings (SSSR count). The lowest BCUT2D eigenvalue weighted by atomic mass is 10.3. The van der Waals surface area contributed by atoms with Crippen LogP contribution in [-0.2, 0) is 0 Å². The zero-order valence-corrected chi connectivity index (χ0v) is 10.7. The van der Waals surface area contributed by atoms with Gasteiger partial charge < -0.3 is 20.5 Å². The summed E-state index contributed by atoms with van der Waals surface area (Å²) in [5, 5.41) is 13.6. The van der Waals surface area contributed by atoms with Gasteiger partial charge in [0, 0.05) is 11.8 Å². The Morgan fingerprint density at radius 2 is 2.21 bits per heavy atom. The summed E-state index contributed by atoms with van der Waals surface area (Å²) >= 11 is 5.66. The lowest BCUT2D eigenvalue weighted by molar-refractivity contribution is -0.0497. The minimum Gasteiger partial charge on any atom is -0.433 e. The SMILES string of the molecule is CC(CO)NC(=O)Nc1ccc(Cl)c(OC(F)F)c1. The highest BCUT2D eigenvalue weighted by molar-refractivity contribution is 6.32. The average Bonchev–Trinajstić information content (AvgIpc) is 2.32. The van der Waals surface area contributed by atoms with Crippen molar-refractivity contribution >= 4 is 23.3 Å². The zero-order valence-electron chi connectivity index (χ0n) is 9.99. The lowest BCUT2D eigenvalue weighted by Gasteiger charge is -2.13. The molecule has 1 unspecified atom stereocenters. The summed E-state index contributed by atoms with van der Waals surface area (Å²) < 4.78 is 28.4. The van der Waals surface area contributed by atoms with E-state index in [1.807, 2.05) is 0 Å². The number of rotatable bonds is 5. The van der Waals surface area contributed by atoms with E-state index >= 15 is 0 Å². The van der Waals surface area contributed by atoms with Crippen LogP contribution >= 0.6 is 11.6 Å². The number of carbonyl (C=O) groups is 1. The first-order chi connectivity index (χ1) is 8.92. The van der Waals surface area contributed by atoms with Crippen molar-refractivity contribution in [3.05, 3.63) is 23.2 Å². The van der Waals surface area contributed by atoms with E-state index in [1.54, 1.807) is 6.92 Å². The van der Waals surface area contributed by atoms with E-state index in [-0.39, 0.29) is 23.1 Å². The Kier molecular flexibility index (Phi) is 5.78. The van der Waals surface area contributed by atoms with E-state index in [2.05, 4.69) is 15.4 Å². The molecule has 0 aliphatic heterocycles. The number of hydrogen-bond donors (Lipinski definition) is 3. The van der Waals surface area contributed by atoms with E-state index < -0.39 is 18.7 Å². The fourth-order valence-electron chi connectivity index (χ4n) is 1.20. The van der Waals surface area contributed by atoms with Gasteiger partial charge in [0.15, 0.2) is 0 Å². The van der Waals surface area contributed by atoms with Gasteiger partial charge in [-0.15, -0.1) is 0 Å². The van der Waals surface area contributed by atoms with Gasteiger partial charge in [-0.3, -0.25) is 0 Å². The number of ether oxygens (including phenoxy) is 1. The average molecular weight is 295 g/mol. The third-order valence-corrected chi connectivity index (χ3v) is 2.37. The molecule has 0 bridgehead atoms. The van der Waals surface area contributed by atoms with Crippen LogP contribution in [0.4, 0.5) is 19.3 Å². The van der Waals surface area contributed by atoms with Gasteiger partial charge >= 0.3 is 12.6 Å². The number of anilines is 1. The van der Waals surface area contributed by atoms with E-state index in [0.29, 0.717) is 0 Å². The van der Waals surface area contributed by atoms with Crippen molar-refractivity contribution in [3.63, 3.8) is 0 Å². The fraction of sp³-hybridized carbons (Fsp3) is 0.364. The molecule has 2 amide bonds. The van der Waals surface area contributed by atoms with E-state index in [0.717, 1.165) is 0 Å². The zero-order chi connectivity index (χ0) is 14.4. The van der Waals surface area contributed by atoms with Crippen LogP contribution in [0, 0.1) is 0 Å². The lowest BCUT2D eigenvalue weighted by Crippen LogP contribution is -2.38. The van der Waals surface area contributed by atoms with Crippen molar-refractivity contribution in [1.29, 1.82) is 0 Å². The second kappa shape index (κ2) is 7.10. The molecule has 0 spiro atoms. The van der Waals surface area contributed by atoms with Gasteiger partial charge in [0.1, 0.15) is 5.75 Å². The standard InChI is InChI=1S/C11H13ClF2N2O3/c1-6(5-17)15-11(18)16-7-2-3-8(12)9(4-7)19-10(13)14/h2-4,6,10,17H,5H2,1H3,(H2,15,16,18). The number of amides is 2. The van der Waals surface area contributed by atoms with Gasteiger partial charge in [0.05, 0.1) is 17.7 Å². The summed E-state index contributed by atoms with van der Waals surface area (Å²) in [5.41, 5.74) is 0.239. The van der Waals surface area contributed by atoms with E-state index in [1.165, 1.54) is 18.2 Å². The third-order valence-electron chi connectivity index (χ3n) is 2.06. The number of urea groups is 1. The molecule has 1 aromatic rings. The quantitative estimate of drug-likeness (QED) is 0.781. The molecule has 5 nitrogen and oxygen atoms in total. The van der Waals surface area contributed by atoms with Crippen molar-refractivity contribution in [2.24, 2.45) is 0 Å². The summed E-state index contributed by atoms with van der Waals surface area (Å²) in [6.07, 6.45) is 0. The van der Waals surface area contributed by atoms with Gasteiger partial charge in [0.2, 0.25) is 0 Å². The number of benzene rings is 1. The Hall–Kier alpha value is -1.60. The number of aliphatic hydroxyl groups excluding tert-OH is 1. The largest absolute Gasteiger partial charge is 0.433 e. The summed E-state index contributed by atoms with van der Waals surface area (Å²) in [4.78, 5) is 11.4. The number of carbonyl (C=O) groups excluding carboxylic acids is 1. The number of aliphatic hydroxyl groups is 1. The van der Waals surface area contributed by atoms with Gasteiger partial charge in [-0.1, -0.05) is 11.6 Å². The molecule has 1 aromatic carbocycles. The third kappa shape index (κ3) is 5.27. The Labute approximate surface area is 113 Å². The second-order valence-corrected chi connectivity index (χ2v) is 4.11. The molecular formula is C11H13ClF2N2O3. The van der Waals surface area contributed by atoms with Crippen LogP contribution in [0.25, 0.3) is 0 Å². The van der Waals surface area contributed by atoms with Gasteiger partial charge in [-0.05, 0) is 19.1 Å². The monoisotopic (exact) mass is 294 g/mol. The topological polar surface area (TPSA) is 70.6 Å². The fourth-order valence-corrected chi connectivity index (χ4v) is 1.37. The Balaban J connectivity index is 2.71. The molecule has 0 heterocycles. The molecule has 1 atom stereocenters. The van der Waals surface area contributed by atoms with Crippen molar-refractivity contribution in [1.82, 2.24) is 5.32 Å². The maximum absolute atomic E-state index is 12.1. The molecule has 0 saturated carbocycles. The maximum Gasteiger partial charge on any atom is 0.387 e. The summed E-state index contributed by atoms with van der Waals surface area (Å²) in [6.45, 7) is -1.61. The molecule has 0 aliphatic carbocycles. The summed E-state index contributed by atoms with van der Waals surface area (Å²) in [6, 6.07) is 2.93. The highest BCUT2D eigenvalue weighted by atomic mass is 35.5. The molecular weight excluding hydrogens is 282 g/mol. The van der Waals surface area contributed by atoms with Crippen LogP contribution in [-0.4, -0.2) is 30.4 Å². The Bertz CT molecular complexity index is 446. The predicted molar refractivity (Wildman–Crippen MR) is 66.8 cm³/mol. The van der Waals surface area contributed by atoms with Crippen LogP contribution in [0.5, 0.6) is 5.75 Å². The van der Waals surface area contributed by atoms with Crippen LogP contribution in [0.1, 0.15) is 6.92 Å². The molecule has 106 valence electrons. The first-order valence-corrected chi connectivity index (χ1v) is 5.73. The first-order valence-electron chi connectivity index (χ1n) is 5.35. The van der Waals surface area contributed by atoms with Crippen molar-refractivity contribution in [3.8, 4) is 5.75 Å². The molecule has 0 saturated heterocycles. The first kappa shape index (κ1) is 15.5.